The van der Waals surface area contributed by atoms with Crippen molar-refractivity contribution in [3.05, 3.63) is 47.5 Å². The van der Waals surface area contributed by atoms with Gasteiger partial charge in [-0.3, -0.25) is 4.79 Å². The van der Waals surface area contributed by atoms with Crippen LogP contribution >= 0.6 is 0 Å². The van der Waals surface area contributed by atoms with Crippen LogP contribution in [-0.4, -0.2) is 17.0 Å². The van der Waals surface area contributed by atoms with Crippen LogP contribution in [0.3, 0.4) is 0 Å². The second-order valence-corrected chi connectivity index (χ2v) is 11.3. The minimum absolute atomic E-state index is 0.112. The van der Waals surface area contributed by atoms with Gasteiger partial charge >= 0.3 is 0 Å². The van der Waals surface area contributed by atoms with Gasteiger partial charge in [0.05, 0.1) is 6.10 Å². The van der Waals surface area contributed by atoms with Crippen LogP contribution in [0.2, 0.25) is 0 Å². The van der Waals surface area contributed by atoms with E-state index in [9.17, 15) is 9.90 Å². The summed E-state index contributed by atoms with van der Waals surface area (Å²) in [5, 5.41) is 10.9. The lowest BCUT2D eigenvalue weighted by Gasteiger charge is -2.60. The van der Waals surface area contributed by atoms with Crippen molar-refractivity contribution in [1.29, 1.82) is 0 Å². The molecule has 0 aliphatic heterocycles. The molecule has 1 N–H and O–H groups in total. The molecule has 162 valence electrons. The zero-order valence-electron chi connectivity index (χ0n) is 18.8. The van der Waals surface area contributed by atoms with E-state index in [-0.39, 0.29) is 16.9 Å². The van der Waals surface area contributed by atoms with Gasteiger partial charge in [0.1, 0.15) is 0 Å². The minimum Gasteiger partial charge on any atom is -0.393 e. The molecule has 4 aliphatic rings. The number of benzene rings is 1. The van der Waals surface area contributed by atoms with Crippen LogP contribution < -0.4 is 0 Å². The molecule has 1 aromatic rings. The Morgan fingerprint density at radius 3 is 2.63 bits per heavy atom. The monoisotopic (exact) mass is 406 g/mol. The molecule has 0 saturated heterocycles. The summed E-state index contributed by atoms with van der Waals surface area (Å²) in [5.41, 5.74) is 3.22. The van der Waals surface area contributed by atoms with Crippen LogP contribution in [0.5, 0.6) is 0 Å². The summed E-state index contributed by atoms with van der Waals surface area (Å²) in [6.45, 7) is 4.85. The van der Waals surface area contributed by atoms with E-state index >= 15 is 0 Å². The van der Waals surface area contributed by atoms with Gasteiger partial charge in [-0.05, 0) is 104 Å². The number of fused-ring (bicyclic) bond motifs is 5. The summed E-state index contributed by atoms with van der Waals surface area (Å²) < 4.78 is 0. The lowest BCUT2D eigenvalue weighted by atomic mass is 9.44. The second-order valence-electron chi connectivity index (χ2n) is 11.3. The summed E-state index contributed by atoms with van der Waals surface area (Å²) in [4.78, 5) is 12.3. The largest absolute Gasteiger partial charge is 0.393 e. The quantitative estimate of drug-likeness (QED) is 0.653. The predicted octanol–water partition coefficient (Wildman–Crippen LogP) is 6.13. The predicted molar refractivity (Wildman–Crippen MR) is 121 cm³/mol. The van der Waals surface area contributed by atoms with Crippen LogP contribution in [-0.2, 0) is 11.2 Å². The second kappa shape index (κ2) is 7.62. The number of aliphatic hydroxyl groups is 1. The highest BCUT2D eigenvalue weighted by atomic mass is 16.3. The van der Waals surface area contributed by atoms with E-state index in [2.05, 4.69) is 44.2 Å². The first-order valence-electron chi connectivity index (χ1n) is 12.4. The normalized spacial score (nSPS) is 42.8. The van der Waals surface area contributed by atoms with E-state index in [1.54, 1.807) is 0 Å². The van der Waals surface area contributed by atoms with Gasteiger partial charge in [-0.15, -0.1) is 0 Å². The standard InChI is InChI=1S/C28H38O2/c1-27-15-13-22(29)18-21(27)17-20(10-6-9-19-7-4-3-5-8-19)26-23-11-12-25(30)28(23,2)16-14-24(26)27/h3-5,7-8,18,20,23-26,30H,6,9-17H2,1-2H3/t20-,23+,24+,25+,26+,27+,28+/m1/s1. The number of rotatable bonds is 4. The third kappa shape index (κ3) is 3.22. The number of aryl methyl sites for hydroxylation is 1. The third-order valence-corrected chi connectivity index (χ3v) is 9.97. The molecule has 7 atom stereocenters. The average molecular weight is 407 g/mol. The van der Waals surface area contributed by atoms with Gasteiger partial charge in [0.25, 0.3) is 0 Å². The molecule has 2 heteroatoms. The summed E-state index contributed by atoms with van der Waals surface area (Å²) in [6, 6.07) is 10.9. The van der Waals surface area contributed by atoms with Crippen molar-refractivity contribution in [2.75, 3.05) is 0 Å². The topological polar surface area (TPSA) is 37.3 Å². The van der Waals surface area contributed by atoms with E-state index in [1.165, 1.54) is 36.8 Å². The molecule has 0 aromatic heterocycles. The fourth-order valence-electron chi connectivity index (χ4n) is 8.18. The van der Waals surface area contributed by atoms with E-state index in [4.69, 9.17) is 0 Å². The first kappa shape index (κ1) is 20.5. The van der Waals surface area contributed by atoms with Crippen molar-refractivity contribution in [3.8, 4) is 0 Å². The smallest absolute Gasteiger partial charge is 0.155 e. The highest BCUT2D eigenvalue weighted by Gasteiger charge is 2.60. The summed E-state index contributed by atoms with van der Waals surface area (Å²) >= 11 is 0. The van der Waals surface area contributed by atoms with Crippen LogP contribution in [0, 0.1) is 34.5 Å². The van der Waals surface area contributed by atoms with Crippen molar-refractivity contribution < 1.29 is 9.90 Å². The first-order valence-corrected chi connectivity index (χ1v) is 12.4. The number of aliphatic hydroxyl groups excluding tert-OH is 1. The Bertz CT molecular complexity index is 826. The van der Waals surface area contributed by atoms with Crippen molar-refractivity contribution in [2.24, 2.45) is 34.5 Å². The Morgan fingerprint density at radius 2 is 1.83 bits per heavy atom. The minimum atomic E-state index is -0.119. The van der Waals surface area contributed by atoms with E-state index in [1.807, 2.05) is 6.08 Å². The van der Waals surface area contributed by atoms with Gasteiger partial charge < -0.3 is 5.11 Å². The number of hydrogen-bond donors (Lipinski definition) is 1. The number of allylic oxidation sites excluding steroid dienone is 1. The number of hydrogen-bond acceptors (Lipinski definition) is 2. The third-order valence-electron chi connectivity index (χ3n) is 9.97. The maximum Gasteiger partial charge on any atom is 0.155 e. The maximum absolute atomic E-state index is 12.3. The molecule has 0 spiro atoms. The molecule has 0 amide bonds. The Morgan fingerprint density at radius 1 is 1.03 bits per heavy atom. The Balaban J connectivity index is 1.43. The summed E-state index contributed by atoms with van der Waals surface area (Å²) in [5.74, 6) is 3.08. The van der Waals surface area contributed by atoms with Gasteiger partial charge in [0.2, 0.25) is 0 Å². The van der Waals surface area contributed by atoms with Crippen LogP contribution in [0.4, 0.5) is 0 Å². The van der Waals surface area contributed by atoms with Gasteiger partial charge in [0.15, 0.2) is 5.78 Å². The van der Waals surface area contributed by atoms with Gasteiger partial charge in [-0.1, -0.05) is 49.8 Å². The zero-order valence-corrected chi connectivity index (χ0v) is 18.8. The van der Waals surface area contributed by atoms with E-state index < -0.39 is 0 Å². The molecule has 0 unspecified atom stereocenters. The fourth-order valence-corrected chi connectivity index (χ4v) is 8.18. The molecule has 3 saturated carbocycles. The van der Waals surface area contributed by atoms with Crippen molar-refractivity contribution in [3.63, 3.8) is 0 Å². The lowest BCUT2D eigenvalue weighted by Crippen LogP contribution is -2.54. The van der Waals surface area contributed by atoms with Crippen molar-refractivity contribution in [1.82, 2.24) is 0 Å². The SMILES string of the molecule is C[C@]12CC[C@H]3[C@@H]([C@H](CCCc4ccccc4)CC4=CC(=O)CC[C@@]43C)[C@@H]1CC[C@@H]2O. The Hall–Kier alpha value is -1.41. The molecular formula is C28H38O2. The highest BCUT2D eigenvalue weighted by molar-refractivity contribution is 5.91. The number of carbonyl (C=O) groups is 1. The Kier molecular flexibility index (Phi) is 5.21. The molecular weight excluding hydrogens is 368 g/mol. The van der Waals surface area contributed by atoms with E-state index in [0.29, 0.717) is 29.5 Å². The highest BCUT2D eigenvalue weighted by Crippen LogP contribution is 2.67. The van der Waals surface area contributed by atoms with Gasteiger partial charge in [0, 0.05) is 6.42 Å². The van der Waals surface area contributed by atoms with Crippen LogP contribution in [0.25, 0.3) is 0 Å². The number of ketones is 1. The molecule has 0 radical (unpaired) electrons. The maximum atomic E-state index is 12.3. The molecule has 0 heterocycles. The summed E-state index contributed by atoms with van der Waals surface area (Å²) in [7, 11) is 0. The zero-order chi connectivity index (χ0) is 20.9. The van der Waals surface area contributed by atoms with Crippen molar-refractivity contribution >= 4 is 5.78 Å². The number of carbonyl (C=O) groups excluding carboxylic acids is 1. The van der Waals surface area contributed by atoms with Gasteiger partial charge in [-0.25, -0.2) is 0 Å². The van der Waals surface area contributed by atoms with Gasteiger partial charge in [-0.2, -0.15) is 0 Å². The van der Waals surface area contributed by atoms with Crippen molar-refractivity contribution in [2.45, 2.75) is 84.2 Å². The average Bonchev–Trinajstić information content (AvgIpc) is 3.04. The lowest BCUT2D eigenvalue weighted by molar-refractivity contribution is -0.120. The molecule has 0 bridgehead atoms. The first-order chi connectivity index (χ1) is 14.4. The molecule has 30 heavy (non-hydrogen) atoms. The molecule has 5 rings (SSSR count). The molecule has 1 aromatic carbocycles. The fraction of sp³-hybridized carbons (Fsp3) is 0.679. The van der Waals surface area contributed by atoms with Crippen LogP contribution in [0.1, 0.15) is 77.2 Å². The molecule has 4 aliphatic carbocycles. The summed E-state index contributed by atoms with van der Waals surface area (Å²) in [6.07, 6.45) is 13.0. The van der Waals surface area contributed by atoms with E-state index in [0.717, 1.165) is 38.5 Å². The Labute approximate surface area is 182 Å². The van der Waals surface area contributed by atoms with Crippen LogP contribution in [0.15, 0.2) is 42.0 Å². The molecule has 2 nitrogen and oxygen atoms in total. The molecule has 3 fully saturated rings.